The largest absolute Gasteiger partial charge is 0.456 e. The van der Waals surface area contributed by atoms with E-state index in [1.165, 1.54) is 0 Å². The predicted octanol–water partition coefficient (Wildman–Crippen LogP) is 6.00. The fourth-order valence-corrected chi connectivity index (χ4v) is 6.36. The lowest BCUT2D eigenvalue weighted by molar-refractivity contribution is -0.308. The van der Waals surface area contributed by atoms with Crippen LogP contribution in [0.3, 0.4) is 0 Å². The van der Waals surface area contributed by atoms with Gasteiger partial charge < -0.3 is 14.4 Å². The highest BCUT2D eigenvalue weighted by atomic mass is 19.4. The molecule has 1 aromatic rings. The first kappa shape index (κ1) is 28.5. The summed E-state index contributed by atoms with van der Waals surface area (Å²) in [6.07, 6.45) is -11.2. The third-order valence-corrected chi connectivity index (χ3v) is 8.23. The summed E-state index contributed by atoms with van der Waals surface area (Å²) in [5, 5.41) is 0. The van der Waals surface area contributed by atoms with E-state index in [9.17, 15) is 35.9 Å². The average Bonchev–Trinajstić information content (AvgIpc) is 3.45. The molecule has 1 aromatic carbocycles. The lowest BCUT2D eigenvalue weighted by atomic mass is 9.84. The monoisotopic (exact) mass is 550 g/mol. The van der Waals surface area contributed by atoms with Gasteiger partial charge in [0.05, 0.1) is 0 Å². The lowest BCUT2D eigenvalue weighted by Gasteiger charge is -2.45. The first-order valence-electron chi connectivity index (χ1n) is 12.8. The number of ether oxygens (including phenoxy) is 2. The van der Waals surface area contributed by atoms with Crippen LogP contribution in [-0.4, -0.2) is 66.0 Å². The molecule has 0 unspecified atom stereocenters. The molecular formula is C26H32F6N2O4. The van der Waals surface area contributed by atoms with E-state index >= 15 is 0 Å². The van der Waals surface area contributed by atoms with Crippen molar-refractivity contribution in [2.45, 2.75) is 94.4 Å². The van der Waals surface area contributed by atoms with Crippen molar-refractivity contribution in [3.8, 4) is 0 Å². The number of rotatable bonds is 6. The summed E-state index contributed by atoms with van der Waals surface area (Å²) in [4.78, 5) is 26.7. The second-order valence-corrected chi connectivity index (χ2v) is 10.7. The predicted molar refractivity (Wildman–Crippen MR) is 124 cm³/mol. The summed E-state index contributed by atoms with van der Waals surface area (Å²) in [5.74, 6) is 0. The second-order valence-electron chi connectivity index (χ2n) is 10.7. The maximum Gasteiger partial charge on any atom is 0.434 e. The van der Waals surface area contributed by atoms with Gasteiger partial charge in [-0.1, -0.05) is 23.8 Å². The van der Waals surface area contributed by atoms with E-state index in [2.05, 4.69) is 21.8 Å². The highest BCUT2D eigenvalue weighted by molar-refractivity contribution is 5.68. The molecule has 0 atom stereocenters. The molecule has 1 spiro atoms. The van der Waals surface area contributed by atoms with Crippen molar-refractivity contribution >= 4 is 12.6 Å². The molecule has 6 nitrogen and oxygen atoms in total. The molecule has 0 N–H and O–H groups in total. The number of carbonyl (C=O) groups is 2. The number of hydrogen-bond donors (Lipinski definition) is 0. The molecule has 4 rings (SSSR count). The van der Waals surface area contributed by atoms with Gasteiger partial charge in [-0.3, -0.25) is 9.69 Å². The maximum absolute atomic E-state index is 12.8. The Kier molecular flexibility index (Phi) is 7.94. The van der Waals surface area contributed by atoms with E-state index in [1.54, 1.807) is 0 Å². The molecule has 1 saturated carbocycles. The highest BCUT2D eigenvalue weighted by Gasteiger charge is 2.60. The second kappa shape index (κ2) is 10.6. The Morgan fingerprint density at radius 1 is 0.947 bits per heavy atom. The molecule has 12 heteroatoms. The van der Waals surface area contributed by atoms with Gasteiger partial charge in [-0.25, -0.2) is 4.79 Å². The summed E-state index contributed by atoms with van der Waals surface area (Å²) < 4.78 is 86.4. The van der Waals surface area contributed by atoms with Crippen molar-refractivity contribution in [1.29, 1.82) is 0 Å². The number of hydrogen-bond acceptors (Lipinski definition) is 5. The van der Waals surface area contributed by atoms with E-state index in [4.69, 9.17) is 4.74 Å². The quantitative estimate of drug-likeness (QED) is 0.321. The molecule has 38 heavy (non-hydrogen) atoms. The zero-order chi connectivity index (χ0) is 27.8. The summed E-state index contributed by atoms with van der Waals surface area (Å²) in [6.45, 7) is 3.89. The van der Waals surface area contributed by atoms with Crippen molar-refractivity contribution in [2.24, 2.45) is 0 Å². The number of amides is 1. The SMILES string of the molecule is Cc1cc(CN2CCCC23CCN(C(=O)OC(C(F)(F)F)C(F)(F)F)CC3)cc(C2(OC=O)CCCC2)c1. The standard InChI is InChI=1S/C26H32F6N2O4/c1-18-13-19(15-20(14-18)24(37-17-35)6-2-3-7-24)16-34-10-4-5-23(34)8-11-33(12-9-23)22(36)38-21(25(27,28)29)26(30,31)32/h13-15,17,21H,2-12,16H2,1H3. The van der Waals surface area contributed by atoms with Gasteiger partial charge in [0, 0.05) is 25.2 Å². The minimum atomic E-state index is -5.74. The van der Waals surface area contributed by atoms with Gasteiger partial charge in [-0.2, -0.15) is 26.3 Å². The van der Waals surface area contributed by atoms with Crippen LogP contribution < -0.4 is 0 Å². The molecule has 2 heterocycles. The molecule has 0 bridgehead atoms. The number of piperidine rings is 1. The van der Waals surface area contributed by atoms with Crippen LogP contribution in [0.5, 0.6) is 0 Å². The van der Waals surface area contributed by atoms with Gasteiger partial charge >= 0.3 is 18.4 Å². The maximum atomic E-state index is 12.8. The summed E-state index contributed by atoms with van der Waals surface area (Å²) in [6, 6.07) is 6.17. The Morgan fingerprint density at radius 3 is 2.16 bits per heavy atom. The van der Waals surface area contributed by atoms with Crippen LogP contribution in [0.1, 0.15) is 68.1 Å². The topological polar surface area (TPSA) is 59.1 Å². The minimum absolute atomic E-state index is 0.00706. The molecule has 212 valence electrons. The zero-order valence-electron chi connectivity index (χ0n) is 21.2. The molecule has 1 aliphatic carbocycles. The number of alkyl halides is 6. The fourth-order valence-electron chi connectivity index (χ4n) is 6.36. The Bertz CT molecular complexity index is 1000. The molecule has 1 amide bonds. The molecule has 3 aliphatic rings. The first-order chi connectivity index (χ1) is 17.8. The summed E-state index contributed by atoms with van der Waals surface area (Å²) in [5.41, 5.74) is 2.11. The number of halogens is 6. The van der Waals surface area contributed by atoms with E-state index in [0.29, 0.717) is 25.9 Å². The third-order valence-electron chi connectivity index (χ3n) is 8.23. The van der Waals surface area contributed by atoms with Gasteiger partial charge in [-0.15, -0.1) is 0 Å². The average molecular weight is 551 g/mol. The first-order valence-corrected chi connectivity index (χ1v) is 12.8. The van der Waals surface area contributed by atoms with Gasteiger partial charge in [0.25, 0.3) is 12.6 Å². The molecule has 0 aromatic heterocycles. The van der Waals surface area contributed by atoms with Crippen molar-refractivity contribution in [3.05, 3.63) is 34.9 Å². The van der Waals surface area contributed by atoms with E-state index < -0.39 is 30.2 Å². The van der Waals surface area contributed by atoms with Crippen LogP contribution in [-0.2, 0) is 26.4 Å². The van der Waals surface area contributed by atoms with Crippen molar-refractivity contribution in [2.75, 3.05) is 19.6 Å². The smallest absolute Gasteiger partial charge is 0.434 e. The molecule has 2 aliphatic heterocycles. The number of carbonyl (C=O) groups excluding carboxylic acids is 2. The number of benzene rings is 1. The van der Waals surface area contributed by atoms with Crippen LogP contribution in [0.25, 0.3) is 0 Å². The van der Waals surface area contributed by atoms with E-state index in [0.717, 1.165) is 66.7 Å². The van der Waals surface area contributed by atoms with Crippen LogP contribution in [0.4, 0.5) is 31.1 Å². The molecule has 0 radical (unpaired) electrons. The third kappa shape index (κ3) is 5.89. The molecular weight excluding hydrogens is 518 g/mol. The highest BCUT2D eigenvalue weighted by Crippen LogP contribution is 2.44. The Morgan fingerprint density at radius 2 is 1.58 bits per heavy atom. The number of nitrogens with zero attached hydrogens (tertiary/aromatic N) is 2. The van der Waals surface area contributed by atoms with Crippen molar-refractivity contribution in [3.63, 3.8) is 0 Å². The summed E-state index contributed by atoms with van der Waals surface area (Å²) in [7, 11) is 0. The minimum Gasteiger partial charge on any atom is -0.456 e. The van der Waals surface area contributed by atoms with Crippen LogP contribution in [0.15, 0.2) is 18.2 Å². The van der Waals surface area contributed by atoms with E-state index in [-0.39, 0.29) is 18.6 Å². The van der Waals surface area contributed by atoms with Gasteiger partial charge in [0.15, 0.2) is 0 Å². The van der Waals surface area contributed by atoms with Crippen molar-refractivity contribution < 1.29 is 45.4 Å². The van der Waals surface area contributed by atoms with Crippen molar-refractivity contribution in [1.82, 2.24) is 9.80 Å². The van der Waals surface area contributed by atoms with Crippen LogP contribution in [0, 0.1) is 6.92 Å². The normalized spacial score (nSPS) is 21.7. The number of likely N-dealkylation sites (tertiary alicyclic amines) is 2. The number of aryl methyl sites for hydroxylation is 1. The van der Waals surface area contributed by atoms with E-state index in [1.807, 2.05) is 13.0 Å². The van der Waals surface area contributed by atoms with Crippen LogP contribution >= 0.6 is 0 Å². The Balaban J connectivity index is 1.44. The fraction of sp³-hybridized carbons (Fsp3) is 0.692. The summed E-state index contributed by atoms with van der Waals surface area (Å²) >= 11 is 0. The van der Waals surface area contributed by atoms with Crippen LogP contribution in [0.2, 0.25) is 0 Å². The lowest BCUT2D eigenvalue weighted by Crippen LogP contribution is -2.54. The zero-order valence-corrected chi connectivity index (χ0v) is 21.2. The Hall–Kier alpha value is -2.50. The van der Waals surface area contributed by atoms with Gasteiger partial charge in [-0.05, 0) is 76.0 Å². The molecule has 2 saturated heterocycles. The Labute approximate surface area is 217 Å². The van der Waals surface area contributed by atoms with Gasteiger partial charge in [0.1, 0.15) is 5.60 Å². The van der Waals surface area contributed by atoms with Gasteiger partial charge in [0.2, 0.25) is 0 Å². The molecule has 3 fully saturated rings.